The minimum atomic E-state index is -0.0238. The molecule has 7 heteroatoms. The molecular formula is C13H12N4O2S. The number of ether oxygens (including phenoxy) is 1. The number of rotatable bonds is 2. The van der Waals surface area contributed by atoms with Gasteiger partial charge in [0, 0.05) is 6.61 Å². The van der Waals surface area contributed by atoms with Gasteiger partial charge in [0.25, 0.3) is 0 Å². The van der Waals surface area contributed by atoms with E-state index >= 15 is 0 Å². The Morgan fingerprint density at radius 3 is 3.00 bits per heavy atom. The van der Waals surface area contributed by atoms with Gasteiger partial charge in [0.1, 0.15) is 11.9 Å². The summed E-state index contributed by atoms with van der Waals surface area (Å²) in [6.07, 6.45) is 1.96. The first-order valence-electron chi connectivity index (χ1n) is 6.45. The molecule has 0 bridgehead atoms. The van der Waals surface area contributed by atoms with E-state index in [1.165, 1.54) is 11.3 Å². The molecule has 1 aromatic carbocycles. The Labute approximate surface area is 118 Å². The van der Waals surface area contributed by atoms with E-state index in [4.69, 9.17) is 4.74 Å². The van der Waals surface area contributed by atoms with Crippen molar-refractivity contribution >= 4 is 16.3 Å². The number of phenolic OH excluding ortho intramolecular Hbond substituents is 1. The van der Waals surface area contributed by atoms with Crippen molar-refractivity contribution in [1.82, 2.24) is 19.8 Å². The number of aromatic hydroxyl groups is 1. The molecule has 1 aliphatic heterocycles. The monoisotopic (exact) mass is 288 g/mol. The maximum Gasteiger partial charge on any atom is 0.235 e. The topological polar surface area (TPSA) is 72.5 Å². The van der Waals surface area contributed by atoms with Gasteiger partial charge in [-0.25, -0.2) is 0 Å². The summed E-state index contributed by atoms with van der Waals surface area (Å²) in [6, 6.07) is 7.15. The molecule has 0 aliphatic carbocycles. The Morgan fingerprint density at radius 1 is 1.30 bits per heavy atom. The molecule has 1 fully saturated rings. The smallest absolute Gasteiger partial charge is 0.235 e. The van der Waals surface area contributed by atoms with E-state index in [9.17, 15) is 5.11 Å². The largest absolute Gasteiger partial charge is 0.507 e. The highest BCUT2D eigenvalue weighted by atomic mass is 32.1. The summed E-state index contributed by atoms with van der Waals surface area (Å²) in [6.45, 7) is 0.760. The minimum Gasteiger partial charge on any atom is -0.507 e. The summed E-state index contributed by atoms with van der Waals surface area (Å²) >= 11 is 1.41. The molecule has 3 heterocycles. The van der Waals surface area contributed by atoms with E-state index in [0.29, 0.717) is 10.5 Å². The maximum absolute atomic E-state index is 9.90. The lowest BCUT2D eigenvalue weighted by atomic mass is 10.2. The van der Waals surface area contributed by atoms with Gasteiger partial charge in [0.05, 0.1) is 5.56 Å². The lowest BCUT2D eigenvalue weighted by Gasteiger charge is -2.04. The summed E-state index contributed by atoms with van der Waals surface area (Å²) in [5, 5.41) is 23.5. The van der Waals surface area contributed by atoms with Gasteiger partial charge in [-0.1, -0.05) is 23.5 Å². The first-order valence-corrected chi connectivity index (χ1v) is 7.27. The lowest BCUT2D eigenvalue weighted by Crippen LogP contribution is -2.03. The standard InChI is InChI=1S/C13H12N4O2S/c18-9-5-2-1-4-8(9)12-16-17-11(10-6-3-7-19-10)14-15-13(17)20-12/h1-2,4-5,10,18H,3,6-7H2. The first-order chi connectivity index (χ1) is 9.83. The highest BCUT2D eigenvalue weighted by Crippen LogP contribution is 2.34. The second-order valence-corrected chi connectivity index (χ2v) is 5.63. The molecule has 1 unspecified atom stereocenters. The van der Waals surface area contributed by atoms with E-state index < -0.39 is 0 Å². The molecular weight excluding hydrogens is 276 g/mol. The fraction of sp³-hybridized carbons (Fsp3) is 0.308. The third-order valence-corrected chi connectivity index (χ3v) is 4.30. The third-order valence-electron chi connectivity index (χ3n) is 3.37. The van der Waals surface area contributed by atoms with Crippen molar-refractivity contribution in [1.29, 1.82) is 0 Å². The van der Waals surface area contributed by atoms with E-state index in [1.807, 2.05) is 12.1 Å². The molecule has 2 aromatic heterocycles. The van der Waals surface area contributed by atoms with Crippen LogP contribution in [-0.2, 0) is 4.74 Å². The van der Waals surface area contributed by atoms with Crippen LogP contribution >= 0.6 is 11.3 Å². The Bertz CT molecular complexity index is 761. The van der Waals surface area contributed by atoms with E-state index in [1.54, 1.807) is 16.6 Å². The Kier molecular flexibility index (Phi) is 2.68. The fourth-order valence-corrected chi connectivity index (χ4v) is 3.26. The highest BCUT2D eigenvalue weighted by molar-refractivity contribution is 7.19. The van der Waals surface area contributed by atoms with Crippen LogP contribution < -0.4 is 0 Å². The van der Waals surface area contributed by atoms with Crippen LogP contribution in [0.4, 0.5) is 0 Å². The predicted octanol–water partition coefficient (Wildman–Crippen LogP) is 2.41. The van der Waals surface area contributed by atoms with Gasteiger partial charge in [-0.2, -0.15) is 9.61 Å². The molecule has 0 radical (unpaired) electrons. The van der Waals surface area contributed by atoms with E-state index in [-0.39, 0.29) is 11.9 Å². The Hall–Kier alpha value is -1.99. The van der Waals surface area contributed by atoms with Gasteiger partial charge in [-0.3, -0.25) is 0 Å². The summed E-state index contributed by atoms with van der Waals surface area (Å²) < 4.78 is 7.36. The third kappa shape index (κ3) is 1.78. The summed E-state index contributed by atoms with van der Waals surface area (Å²) in [4.78, 5) is 0.716. The second-order valence-electron chi connectivity index (χ2n) is 4.68. The van der Waals surface area contributed by atoms with Crippen LogP contribution in [0, 0.1) is 0 Å². The average molecular weight is 288 g/mol. The maximum atomic E-state index is 9.90. The molecule has 20 heavy (non-hydrogen) atoms. The van der Waals surface area contributed by atoms with Crippen LogP contribution in [0.3, 0.4) is 0 Å². The molecule has 102 valence electrons. The molecule has 6 nitrogen and oxygen atoms in total. The Morgan fingerprint density at radius 2 is 2.20 bits per heavy atom. The quantitative estimate of drug-likeness (QED) is 0.784. The summed E-state index contributed by atoms with van der Waals surface area (Å²) in [5.41, 5.74) is 0.710. The van der Waals surface area contributed by atoms with E-state index in [0.717, 1.165) is 30.3 Å². The van der Waals surface area contributed by atoms with Crippen molar-refractivity contribution in [2.24, 2.45) is 0 Å². The van der Waals surface area contributed by atoms with Crippen LogP contribution in [0.5, 0.6) is 5.75 Å². The normalized spacial score (nSPS) is 18.9. The van der Waals surface area contributed by atoms with Crippen molar-refractivity contribution in [3.8, 4) is 16.3 Å². The summed E-state index contributed by atoms with van der Waals surface area (Å²) in [5.74, 6) is 0.964. The van der Waals surface area contributed by atoms with Crippen molar-refractivity contribution in [2.75, 3.05) is 6.61 Å². The van der Waals surface area contributed by atoms with Crippen molar-refractivity contribution in [2.45, 2.75) is 18.9 Å². The van der Waals surface area contributed by atoms with Crippen LogP contribution in [0.25, 0.3) is 15.5 Å². The van der Waals surface area contributed by atoms with Crippen molar-refractivity contribution in [3.05, 3.63) is 30.1 Å². The Balaban J connectivity index is 1.81. The number of aromatic nitrogens is 4. The van der Waals surface area contributed by atoms with Gasteiger partial charge in [-0.05, 0) is 25.0 Å². The number of benzene rings is 1. The van der Waals surface area contributed by atoms with Crippen LogP contribution in [0.2, 0.25) is 0 Å². The molecule has 0 spiro atoms. The zero-order valence-electron chi connectivity index (χ0n) is 10.6. The average Bonchev–Trinajstić information content (AvgIpc) is 3.14. The number of para-hydroxylation sites is 1. The van der Waals surface area contributed by atoms with Gasteiger partial charge < -0.3 is 9.84 Å². The molecule has 4 rings (SSSR count). The second kappa shape index (κ2) is 4.53. The molecule has 1 N–H and O–H groups in total. The highest BCUT2D eigenvalue weighted by Gasteiger charge is 2.25. The first kappa shape index (κ1) is 11.8. The predicted molar refractivity (Wildman–Crippen MR) is 73.7 cm³/mol. The zero-order valence-corrected chi connectivity index (χ0v) is 11.4. The zero-order chi connectivity index (χ0) is 13.5. The fourth-order valence-electron chi connectivity index (χ4n) is 2.38. The minimum absolute atomic E-state index is 0.0238. The molecule has 1 atom stereocenters. The van der Waals surface area contributed by atoms with Crippen LogP contribution in [0.15, 0.2) is 24.3 Å². The number of phenols is 1. The van der Waals surface area contributed by atoms with Gasteiger partial charge in [-0.15, -0.1) is 10.2 Å². The van der Waals surface area contributed by atoms with Crippen molar-refractivity contribution < 1.29 is 9.84 Å². The molecule has 1 saturated heterocycles. The number of hydrogen-bond donors (Lipinski definition) is 1. The summed E-state index contributed by atoms with van der Waals surface area (Å²) in [7, 11) is 0. The van der Waals surface area contributed by atoms with Crippen LogP contribution in [0.1, 0.15) is 24.8 Å². The van der Waals surface area contributed by atoms with Gasteiger partial charge in [0.15, 0.2) is 10.8 Å². The lowest BCUT2D eigenvalue weighted by molar-refractivity contribution is 0.103. The van der Waals surface area contributed by atoms with Crippen LogP contribution in [-0.4, -0.2) is 31.5 Å². The number of hydrogen-bond acceptors (Lipinski definition) is 6. The SMILES string of the molecule is Oc1ccccc1-c1nn2c(C3CCCO3)nnc2s1. The molecule has 0 amide bonds. The molecule has 1 aliphatic rings. The number of nitrogens with zero attached hydrogens (tertiary/aromatic N) is 4. The van der Waals surface area contributed by atoms with Gasteiger partial charge >= 0.3 is 0 Å². The van der Waals surface area contributed by atoms with E-state index in [2.05, 4.69) is 15.3 Å². The van der Waals surface area contributed by atoms with Gasteiger partial charge in [0.2, 0.25) is 4.96 Å². The number of fused-ring (bicyclic) bond motifs is 1. The molecule has 0 saturated carbocycles. The van der Waals surface area contributed by atoms with Crippen molar-refractivity contribution in [3.63, 3.8) is 0 Å². The molecule has 3 aromatic rings.